The number of nitrogens with one attached hydrogen (secondary N) is 1. The molecular formula is C12H17NO2. The van der Waals surface area contributed by atoms with E-state index in [0.717, 1.165) is 6.54 Å². The number of hydrogen-bond donors (Lipinski definition) is 2. The number of aliphatic carboxylic acids is 1. The predicted molar refractivity (Wildman–Crippen MR) is 59.9 cm³/mol. The summed E-state index contributed by atoms with van der Waals surface area (Å²) < 4.78 is 0. The van der Waals surface area contributed by atoms with Gasteiger partial charge in [-0.15, -0.1) is 0 Å². The molecule has 82 valence electrons. The minimum atomic E-state index is -0.761. The molecule has 0 bridgehead atoms. The first-order valence-electron chi connectivity index (χ1n) is 5.08. The van der Waals surface area contributed by atoms with Crippen molar-refractivity contribution in [3.8, 4) is 0 Å². The highest BCUT2D eigenvalue weighted by molar-refractivity contribution is 5.66. The summed E-state index contributed by atoms with van der Waals surface area (Å²) in [4.78, 5) is 10.3. The lowest BCUT2D eigenvalue weighted by Gasteiger charge is -2.07. The average Bonchev–Trinajstić information content (AvgIpc) is 2.14. The highest BCUT2D eigenvalue weighted by atomic mass is 16.4. The van der Waals surface area contributed by atoms with Gasteiger partial charge in [-0.25, -0.2) is 0 Å². The van der Waals surface area contributed by atoms with Crippen molar-refractivity contribution in [1.82, 2.24) is 5.32 Å². The standard InChI is InChI=1S/C12H17NO2/c1-9-3-4-11(10(2)7-9)8-13-6-5-12(14)15/h3-4,7,13H,5-6,8H2,1-2H3,(H,14,15). The fraction of sp³-hybridized carbons (Fsp3) is 0.417. The molecule has 2 N–H and O–H groups in total. The van der Waals surface area contributed by atoms with Gasteiger partial charge in [0.05, 0.1) is 6.42 Å². The molecule has 0 saturated heterocycles. The van der Waals surface area contributed by atoms with Crippen molar-refractivity contribution in [3.63, 3.8) is 0 Å². The summed E-state index contributed by atoms with van der Waals surface area (Å²) in [6, 6.07) is 6.29. The van der Waals surface area contributed by atoms with Crippen LogP contribution in [0, 0.1) is 13.8 Å². The summed E-state index contributed by atoms with van der Waals surface area (Å²) in [6.45, 7) is 5.39. The van der Waals surface area contributed by atoms with Gasteiger partial charge in [-0.3, -0.25) is 4.79 Å². The highest BCUT2D eigenvalue weighted by Gasteiger charge is 1.99. The maximum atomic E-state index is 10.3. The van der Waals surface area contributed by atoms with Crippen molar-refractivity contribution in [2.75, 3.05) is 6.54 Å². The number of hydrogen-bond acceptors (Lipinski definition) is 2. The van der Waals surface area contributed by atoms with Crippen LogP contribution in [0.1, 0.15) is 23.1 Å². The highest BCUT2D eigenvalue weighted by Crippen LogP contribution is 2.09. The van der Waals surface area contributed by atoms with E-state index in [4.69, 9.17) is 5.11 Å². The van der Waals surface area contributed by atoms with Crippen LogP contribution in [0.15, 0.2) is 18.2 Å². The van der Waals surface area contributed by atoms with E-state index < -0.39 is 5.97 Å². The molecule has 15 heavy (non-hydrogen) atoms. The lowest BCUT2D eigenvalue weighted by molar-refractivity contribution is -0.136. The zero-order valence-electron chi connectivity index (χ0n) is 9.21. The zero-order valence-corrected chi connectivity index (χ0v) is 9.21. The number of carboxylic acid groups (broad SMARTS) is 1. The van der Waals surface area contributed by atoms with Crippen molar-refractivity contribution >= 4 is 5.97 Å². The van der Waals surface area contributed by atoms with Crippen molar-refractivity contribution in [2.24, 2.45) is 0 Å². The molecule has 0 atom stereocenters. The van der Waals surface area contributed by atoms with E-state index in [1.54, 1.807) is 0 Å². The predicted octanol–water partition coefficient (Wildman–Crippen LogP) is 1.87. The molecule has 0 saturated carbocycles. The molecule has 0 aliphatic heterocycles. The summed E-state index contributed by atoms with van der Waals surface area (Å²) in [7, 11) is 0. The topological polar surface area (TPSA) is 49.3 Å². The van der Waals surface area contributed by atoms with E-state index in [1.807, 2.05) is 0 Å². The van der Waals surface area contributed by atoms with Gasteiger partial charge >= 0.3 is 5.97 Å². The third kappa shape index (κ3) is 4.13. The Hall–Kier alpha value is -1.35. The fourth-order valence-corrected chi connectivity index (χ4v) is 1.46. The van der Waals surface area contributed by atoms with Gasteiger partial charge in [0.2, 0.25) is 0 Å². The molecule has 0 aliphatic rings. The smallest absolute Gasteiger partial charge is 0.304 e. The molecular weight excluding hydrogens is 190 g/mol. The molecule has 0 aromatic heterocycles. The van der Waals surface area contributed by atoms with E-state index in [1.165, 1.54) is 16.7 Å². The van der Waals surface area contributed by atoms with Gasteiger partial charge in [0.25, 0.3) is 0 Å². The van der Waals surface area contributed by atoms with Crippen LogP contribution in [0.2, 0.25) is 0 Å². The SMILES string of the molecule is Cc1ccc(CNCCC(=O)O)c(C)c1. The van der Waals surface area contributed by atoms with Gasteiger partial charge < -0.3 is 10.4 Å². The van der Waals surface area contributed by atoms with Crippen LogP contribution in [-0.4, -0.2) is 17.6 Å². The molecule has 1 aromatic rings. The first kappa shape index (κ1) is 11.7. The monoisotopic (exact) mass is 207 g/mol. The Morgan fingerprint density at radius 2 is 2.13 bits per heavy atom. The van der Waals surface area contributed by atoms with Crippen molar-refractivity contribution in [2.45, 2.75) is 26.8 Å². The number of aryl methyl sites for hydroxylation is 2. The lowest BCUT2D eigenvalue weighted by Crippen LogP contribution is -2.18. The molecule has 0 heterocycles. The molecule has 0 radical (unpaired) electrons. The largest absolute Gasteiger partial charge is 0.481 e. The molecule has 1 rings (SSSR count). The quantitative estimate of drug-likeness (QED) is 0.725. The Bertz CT molecular complexity index is 347. The Morgan fingerprint density at radius 1 is 1.40 bits per heavy atom. The van der Waals surface area contributed by atoms with Gasteiger partial charge in [-0.2, -0.15) is 0 Å². The van der Waals surface area contributed by atoms with Crippen LogP contribution in [0.4, 0.5) is 0 Å². The molecule has 0 unspecified atom stereocenters. The van der Waals surface area contributed by atoms with Crippen molar-refractivity contribution < 1.29 is 9.90 Å². The normalized spacial score (nSPS) is 10.3. The number of carboxylic acids is 1. The molecule has 0 amide bonds. The first-order valence-corrected chi connectivity index (χ1v) is 5.08. The summed E-state index contributed by atoms with van der Waals surface area (Å²) >= 11 is 0. The second kappa shape index (κ2) is 5.51. The van der Waals surface area contributed by atoms with Crippen molar-refractivity contribution in [3.05, 3.63) is 34.9 Å². The van der Waals surface area contributed by atoms with Crippen LogP contribution >= 0.6 is 0 Å². The van der Waals surface area contributed by atoms with Crippen LogP contribution in [-0.2, 0) is 11.3 Å². The third-order valence-electron chi connectivity index (χ3n) is 2.33. The maximum Gasteiger partial charge on any atom is 0.304 e. The summed E-state index contributed by atoms with van der Waals surface area (Å²) in [6.07, 6.45) is 0.172. The molecule has 0 spiro atoms. The summed E-state index contributed by atoms with van der Waals surface area (Å²) in [5, 5.41) is 11.6. The van der Waals surface area contributed by atoms with Crippen molar-refractivity contribution in [1.29, 1.82) is 0 Å². The van der Waals surface area contributed by atoms with E-state index in [0.29, 0.717) is 6.54 Å². The zero-order chi connectivity index (χ0) is 11.3. The average molecular weight is 207 g/mol. The Labute approximate surface area is 90.1 Å². The van der Waals surface area contributed by atoms with Gasteiger partial charge in [0.15, 0.2) is 0 Å². The molecule has 3 heteroatoms. The van der Waals surface area contributed by atoms with E-state index >= 15 is 0 Å². The van der Waals surface area contributed by atoms with Crippen LogP contribution < -0.4 is 5.32 Å². The van der Waals surface area contributed by atoms with Gasteiger partial charge in [-0.05, 0) is 25.0 Å². The second-order valence-electron chi connectivity index (χ2n) is 3.75. The van der Waals surface area contributed by atoms with Gasteiger partial charge in [0.1, 0.15) is 0 Å². The van der Waals surface area contributed by atoms with E-state index in [-0.39, 0.29) is 6.42 Å². The summed E-state index contributed by atoms with van der Waals surface area (Å²) in [5.74, 6) is -0.761. The minimum absolute atomic E-state index is 0.172. The van der Waals surface area contributed by atoms with Crippen LogP contribution in [0.5, 0.6) is 0 Å². The molecule has 0 fully saturated rings. The van der Waals surface area contributed by atoms with Crippen LogP contribution in [0.3, 0.4) is 0 Å². The molecule has 3 nitrogen and oxygen atoms in total. The number of carbonyl (C=O) groups is 1. The fourth-order valence-electron chi connectivity index (χ4n) is 1.46. The molecule has 1 aromatic carbocycles. The van der Waals surface area contributed by atoms with E-state index in [9.17, 15) is 4.79 Å². The third-order valence-corrected chi connectivity index (χ3v) is 2.33. The number of benzene rings is 1. The Morgan fingerprint density at radius 3 is 2.73 bits per heavy atom. The Kier molecular flexibility index (Phi) is 4.31. The second-order valence-corrected chi connectivity index (χ2v) is 3.75. The Balaban J connectivity index is 2.40. The summed E-state index contributed by atoms with van der Waals surface area (Å²) in [5.41, 5.74) is 3.73. The molecule has 0 aliphatic carbocycles. The van der Waals surface area contributed by atoms with E-state index in [2.05, 4.69) is 37.4 Å². The lowest BCUT2D eigenvalue weighted by atomic mass is 10.1. The van der Waals surface area contributed by atoms with Gasteiger partial charge in [-0.1, -0.05) is 23.8 Å². The van der Waals surface area contributed by atoms with Crippen LogP contribution in [0.25, 0.3) is 0 Å². The maximum absolute atomic E-state index is 10.3. The minimum Gasteiger partial charge on any atom is -0.481 e. The number of rotatable bonds is 5. The first-order chi connectivity index (χ1) is 7.09. The van der Waals surface area contributed by atoms with Gasteiger partial charge in [0, 0.05) is 13.1 Å².